The Morgan fingerprint density at radius 2 is 1.54 bits per heavy atom. The van der Waals surface area contributed by atoms with Crippen LogP contribution in [0.15, 0.2) is 0 Å². The highest BCUT2D eigenvalue weighted by atomic mass is 16.2. The molecule has 0 saturated heterocycles. The summed E-state index contributed by atoms with van der Waals surface area (Å²) in [5.74, 6) is 2.50. The largest absolute Gasteiger partial charge is 0.356 e. The van der Waals surface area contributed by atoms with E-state index in [1.54, 1.807) is 0 Å². The first kappa shape index (κ1) is 17.6. The maximum Gasteiger partial charge on any atom is 0.315 e. The smallest absolute Gasteiger partial charge is 0.315 e. The van der Waals surface area contributed by atoms with Crippen molar-refractivity contribution in [1.82, 2.24) is 16.0 Å². The molecule has 5 heteroatoms. The van der Waals surface area contributed by atoms with Gasteiger partial charge in [-0.2, -0.15) is 0 Å². The zero-order valence-corrected chi connectivity index (χ0v) is 15.0. The summed E-state index contributed by atoms with van der Waals surface area (Å²) in [5, 5.41) is 9.06. The number of carbonyl (C=O) groups excluding carboxylic acids is 2. The van der Waals surface area contributed by atoms with E-state index in [0.717, 1.165) is 62.8 Å². The van der Waals surface area contributed by atoms with Gasteiger partial charge in [-0.3, -0.25) is 4.79 Å². The molecule has 4 bridgehead atoms. The highest BCUT2D eigenvalue weighted by Crippen LogP contribution is 2.55. The summed E-state index contributed by atoms with van der Waals surface area (Å²) >= 11 is 0. The number of rotatable bonds is 8. The van der Waals surface area contributed by atoms with Gasteiger partial charge in [0.15, 0.2) is 0 Å². The highest BCUT2D eigenvalue weighted by molar-refractivity contribution is 5.78. The number of carbonyl (C=O) groups is 2. The van der Waals surface area contributed by atoms with E-state index in [1.807, 2.05) is 0 Å². The Labute approximate surface area is 145 Å². The third-order valence-electron chi connectivity index (χ3n) is 6.16. The van der Waals surface area contributed by atoms with Gasteiger partial charge in [0, 0.05) is 25.0 Å². The van der Waals surface area contributed by atoms with Gasteiger partial charge in [0.2, 0.25) is 5.91 Å². The summed E-state index contributed by atoms with van der Waals surface area (Å²) in [6, 6.07) is -0.0873. The third-order valence-corrected chi connectivity index (χ3v) is 6.16. The van der Waals surface area contributed by atoms with Crippen molar-refractivity contribution in [2.45, 2.75) is 76.7 Å². The average Bonchev–Trinajstić information content (AvgIpc) is 2.49. The maximum atomic E-state index is 12.3. The van der Waals surface area contributed by atoms with E-state index in [4.69, 9.17) is 0 Å². The van der Waals surface area contributed by atoms with Crippen molar-refractivity contribution in [1.29, 1.82) is 0 Å². The quantitative estimate of drug-likeness (QED) is 0.597. The molecule has 3 N–H and O–H groups in total. The second kappa shape index (κ2) is 7.75. The van der Waals surface area contributed by atoms with E-state index in [1.165, 1.54) is 19.3 Å². The minimum Gasteiger partial charge on any atom is -0.356 e. The zero-order chi connectivity index (χ0) is 17.0. The van der Waals surface area contributed by atoms with Crippen LogP contribution in [0, 0.1) is 17.8 Å². The van der Waals surface area contributed by atoms with Gasteiger partial charge >= 0.3 is 6.03 Å². The topological polar surface area (TPSA) is 70.2 Å². The molecule has 0 unspecified atom stereocenters. The number of amides is 3. The fourth-order valence-electron chi connectivity index (χ4n) is 5.53. The first-order valence-corrected chi connectivity index (χ1v) is 9.91. The molecular formula is C19H33N3O2. The maximum absolute atomic E-state index is 12.3. The molecule has 4 fully saturated rings. The van der Waals surface area contributed by atoms with E-state index < -0.39 is 0 Å². The van der Waals surface area contributed by atoms with Gasteiger partial charge in [0.1, 0.15) is 0 Å². The van der Waals surface area contributed by atoms with E-state index in [2.05, 4.69) is 22.9 Å². The molecule has 0 aromatic carbocycles. The SMILES string of the molecule is CCCCCNC(=O)CCNC(=O)NC12CC3CC(CC(C3)C1)C2. The van der Waals surface area contributed by atoms with Gasteiger partial charge in [-0.25, -0.2) is 4.79 Å². The molecule has 4 rings (SSSR count). The Morgan fingerprint density at radius 1 is 0.917 bits per heavy atom. The van der Waals surface area contributed by atoms with Crippen LogP contribution in [0.25, 0.3) is 0 Å². The predicted octanol–water partition coefficient (Wildman–Crippen LogP) is 2.95. The van der Waals surface area contributed by atoms with Crippen LogP contribution < -0.4 is 16.0 Å². The first-order chi connectivity index (χ1) is 11.6. The molecule has 0 atom stereocenters. The summed E-state index contributed by atoms with van der Waals surface area (Å²) < 4.78 is 0. The fraction of sp³-hybridized carbons (Fsp3) is 0.895. The molecular weight excluding hydrogens is 302 g/mol. The Bertz CT molecular complexity index is 428. The van der Waals surface area contributed by atoms with Gasteiger partial charge < -0.3 is 16.0 Å². The lowest BCUT2D eigenvalue weighted by molar-refractivity contribution is -0.120. The van der Waals surface area contributed by atoms with E-state index >= 15 is 0 Å². The number of hydrogen-bond donors (Lipinski definition) is 3. The molecule has 0 heterocycles. The van der Waals surface area contributed by atoms with E-state index in [-0.39, 0.29) is 17.5 Å². The van der Waals surface area contributed by atoms with Crippen molar-refractivity contribution in [2.24, 2.45) is 17.8 Å². The minimum absolute atomic E-state index is 0.0289. The molecule has 4 aliphatic carbocycles. The molecule has 0 radical (unpaired) electrons. The van der Waals surface area contributed by atoms with E-state index in [0.29, 0.717) is 13.0 Å². The van der Waals surface area contributed by atoms with Crippen LogP contribution in [-0.2, 0) is 4.79 Å². The number of nitrogens with one attached hydrogen (secondary N) is 3. The Kier molecular flexibility index (Phi) is 5.67. The van der Waals surface area contributed by atoms with Crippen molar-refractivity contribution in [3.05, 3.63) is 0 Å². The first-order valence-electron chi connectivity index (χ1n) is 9.91. The highest BCUT2D eigenvalue weighted by Gasteiger charge is 2.51. The summed E-state index contributed by atoms with van der Waals surface area (Å²) in [7, 11) is 0. The standard InChI is InChI=1S/C19H33N3O2/c1-2-3-4-6-20-17(23)5-7-21-18(24)22-19-11-14-8-15(12-19)10-16(9-14)13-19/h14-16H,2-13H2,1H3,(H,20,23)(H2,21,22,24). The van der Waals surface area contributed by atoms with Crippen molar-refractivity contribution in [3.63, 3.8) is 0 Å². The molecule has 0 aromatic heterocycles. The summed E-state index contributed by atoms with van der Waals surface area (Å²) in [6.07, 6.45) is 11.3. The third kappa shape index (κ3) is 4.42. The molecule has 136 valence electrons. The summed E-state index contributed by atoms with van der Waals surface area (Å²) in [4.78, 5) is 24.0. The van der Waals surface area contributed by atoms with Crippen LogP contribution >= 0.6 is 0 Å². The van der Waals surface area contributed by atoms with Crippen LogP contribution in [-0.4, -0.2) is 30.6 Å². The number of urea groups is 1. The lowest BCUT2D eigenvalue weighted by atomic mass is 9.53. The van der Waals surface area contributed by atoms with Crippen LogP contribution in [0.1, 0.15) is 71.1 Å². The molecule has 0 aliphatic heterocycles. The molecule has 4 aliphatic rings. The average molecular weight is 335 g/mol. The Morgan fingerprint density at radius 3 is 2.12 bits per heavy atom. The Hall–Kier alpha value is -1.26. The fourth-order valence-corrected chi connectivity index (χ4v) is 5.53. The second-order valence-electron chi connectivity index (χ2n) is 8.39. The zero-order valence-electron chi connectivity index (χ0n) is 15.0. The monoisotopic (exact) mass is 335 g/mol. The van der Waals surface area contributed by atoms with Gasteiger partial charge in [-0.15, -0.1) is 0 Å². The van der Waals surface area contributed by atoms with Crippen LogP contribution in [0.5, 0.6) is 0 Å². The van der Waals surface area contributed by atoms with Crippen LogP contribution in [0.3, 0.4) is 0 Å². The summed E-state index contributed by atoms with van der Waals surface area (Å²) in [5.41, 5.74) is 0.0429. The van der Waals surface area contributed by atoms with E-state index in [9.17, 15) is 9.59 Å². The van der Waals surface area contributed by atoms with Crippen molar-refractivity contribution < 1.29 is 9.59 Å². The minimum atomic E-state index is -0.0873. The predicted molar refractivity (Wildman–Crippen MR) is 94.6 cm³/mol. The Balaban J connectivity index is 1.34. The molecule has 0 spiro atoms. The van der Waals surface area contributed by atoms with Crippen molar-refractivity contribution >= 4 is 11.9 Å². The van der Waals surface area contributed by atoms with Gasteiger partial charge in [0.05, 0.1) is 0 Å². The number of hydrogen-bond acceptors (Lipinski definition) is 2. The molecule has 3 amide bonds. The van der Waals surface area contributed by atoms with Gasteiger partial charge in [-0.1, -0.05) is 19.8 Å². The van der Waals surface area contributed by atoms with Gasteiger partial charge in [0.25, 0.3) is 0 Å². The number of unbranched alkanes of at least 4 members (excludes halogenated alkanes) is 2. The van der Waals surface area contributed by atoms with Crippen molar-refractivity contribution in [2.75, 3.05) is 13.1 Å². The normalized spacial score (nSPS) is 33.3. The van der Waals surface area contributed by atoms with Crippen LogP contribution in [0.4, 0.5) is 4.79 Å². The van der Waals surface area contributed by atoms with Gasteiger partial charge in [-0.05, 0) is 62.7 Å². The van der Waals surface area contributed by atoms with Crippen molar-refractivity contribution in [3.8, 4) is 0 Å². The summed E-state index contributed by atoms with van der Waals surface area (Å²) in [6.45, 7) is 3.30. The molecule has 5 nitrogen and oxygen atoms in total. The molecule has 0 aromatic rings. The molecule has 24 heavy (non-hydrogen) atoms. The lowest BCUT2D eigenvalue weighted by Gasteiger charge is -2.56. The van der Waals surface area contributed by atoms with Crippen LogP contribution in [0.2, 0.25) is 0 Å². The second-order valence-corrected chi connectivity index (χ2v) is 8.39. The molecule has 4 saturated carbocycles. The lowest BCUT2D eigenvalue weighted by Crippen LogP contribution is -2.61.